The zero-order chi connectivity index (χ0) is 12.5. The molecule has 0 aromatic heterocycles. The lowest BCUT2D eigenvalue weighted by Crippen LogP contribution is -1.90. The summed E-state index contributed by atoms with van der Waals surface area (Å²) in [6.07, 6.45) is 0. The van der Waals surface area contributed by atoms with Crippen LogP contribution >= 0.6 is 15.9 Å². The standard InChI is InChI=1S/C16H12BrN/c17-14-9-4-6-11-5-3-8-13(16(11)14)12-7-1-2-10-15(12)18/h1-10H,18H2. The minimum absolute atomic E-state index is 0.806. The molecule has 0 aliphatic heterocycles. The molecule has 0 radical (unpaired) electrons. The highest BCUT2D eigenvalue weighted by atomic mass is 79.9. The molecule has 0 spiro atoms. The van der Waals surface area contributed by atoms with E-state index in [1.165, 1.54) is 10.8 Å². The minimum Gasteiger partial charge on any atom is -0.398 e. The van der Waals surface area contributed by atoms with Crippen LogP contribution in [0.3, 0.4) is 0 Å². The first-order valence-electron chi connectivity index (χ1n) is 5.79. The average molecular weight is 298 g/mol. The van der Waals surface area contributed by atoms with Crippen molar-refractivity contribution in [2.75, 3.05) is 5.73 Å². The molecule has 0 aliphatic rings. The molecule has 0 bridgehead atoms. The van der Waals surface area contributed by atoms with Crippen LogP contribution in [0.2, 0.25) is 0 Å². The number of benzene rings is 3. The molecule has 3 aromatic carbocycles. The summed E-state index contributed by atoms with van der Waals surface area (Å²) in [6, 6.07) is 20.5. The molecule has 0 atom stereocenters. The van der Waals surface area contributed by atoms with Crippen molar-refractivity contribution in [2.24, 2.45) is 0 Å². The monoisotopic (exact) mass is 297 g/mol. The predicted octanol–water partition coefficient (Wildman–Crippen LogP) is 4.85. The molecule has 0 saturated carbocycles. The Morgan fingerprint density at radius 3 is 2.17 bits per heavy atom. The lowest BCUT2D eigenvalue weighted by Gasteiger charge is -2.10. The Hall–Kier alpha value is -1.80. The average Bonchev–Trinajstić information content (AvgIpc) is 2.39. The largest absolute Gasteiger partial charge is 0.398 e. The number of anilines is 1. The lowest BCUT2D eigenvalue weighted by atomic mass is 9.97. The lowest BCUT2D eigenvalue weighted by molar-refractivity contribution is 1.63. The van der Waals surface area contributed by atoms with Gasteiger partial charge >= 0.3 is 0 Å². The van der Waals surface area contributed by atoms with Crippen LogP contribution in [0.1, 0.15) is 0 Å². The van der Waals surface area contributed by atoms with Crippen molar-refractivity contribution in [1.29, 1.82) is 0 Å². The summed E-state index contributed by atoms with van der Waals surface area (Å²) in [7, 11) is 0. The minimum atomic E-state index is 0.806. The second kappa shape index (κ2) is 4.46. The van der Waals surface area contributed by atoms with Gasteiger partial charge < -0.3 is 5.73 Å². The van der Waals surface area contributed by atoms with E-state index in [0.717, 1.165) is 21.3 Å². The summed E-state index contributed by atoms with van der Waals surface area (Å²) in [5.41, 5.74) is 9.13. The van der Waals surface area contributed by atoms with Gasteiger partial charge in [-0.3, -0.25) is 0 Å². The number of para-hydroxylation sites is 1. The first-order valence-corrected chi connectivity index (χ1v) is 6.59. The van der Waals surface area contributed by atoms with Crippen LogP contribution in [-0.4, -0.2) is 0 Å². The quantitative estimate of drug-likeness (QED) is 0.638. The van der Waals surface area contributed by atoms with Gasteiger partial charge in [-0.1, -0.05) is 64.5 Å². The van der Waals surface area contributed by atoms with Gasteiger partial charge in [0.2, 0.25) is 0 Å². The molecule has 0 aliphatic carbocycles. The molecule has 2 heteroatoms. The van der Waals surface area contributed by atoms with Crippen LogP contribution in [-0.2, 0) is 0 Å². The molecule has 0 unspecified atom stereocenters. The second-order valence-electron chi connectivity index (χ2n) is 4.23. The Kier molecular flexibility index (Phi) is 2.80. The summed E-state index contributed by atoms with van der Waals surface area (Å²) in [6.45, 7) is 0. The number of hydrogen-bond acceptors (Lipinski definition) is 1. The van der Waals surface area contributed by atoms with Crippen molar-refractivity contribution in [3.63, 3.8) is 0 Å². The maximum Gasteiger partial charge on any atom is 0.0393 e. The van der Waals surface area contributed by atoms with Crippen LogP contribution in [0.4, 0.5) is 5.69 Å². The van der Waals surface area contributed by atoms with Crippen molar-refractivity contribution in [3.8, 4) is 11.1 Å². The number of fused-ring (bicyclic) bond motifs is 1. The maximum atomic E-state index is 6.08. The number of nitrogen functional groups attached to an aromatic ring is 1. The fourth-order valence-electron chi connectivity index (χ4n) is 2.26. The van der Waals surface area contributed by atoms with E-state index in [1.54, 1.807) is 0 Å². The van der Waals surface area contributed by atoms with Gasteiger partial charge in [-0.25, -0.2) is 0 Å². The molecule has 88 valence electrons. The molecule has 1 nitrogen and oxygen atoms in total. The molecule has 0 fully saturated rings. The molecule has 2 N–H and O–H groups in total. The molecule has 3 aromatic rings. The van der Waals surface area contributed by atoms with Gasteiger partial charge in [0.05, 0.1) is 0 Å². The molecule has 3 rings (SSSR count). The van der Waals surface area contributed by atoms with E-state index in [-0.39, 0.29) is 0 Å². The van der Waals surface area contributed by atoms with Gasteiger partial charge in [0.15, 0.2) is 0 Å². The SMILES string of the molecule is Nc1ccccc1-c1cccc2cccc(Br)c12. The molecular weight excluding hydrogens is 286 g/mol. The van der Waals surface area contributed by atoms with E-state index < -0.39 is 0 Å². The summed E-state index contributed by atoms with van der Waals surface area (Å²) in [4.78, 5) is 0. The third-order valence-corrected chi connectivity index (χ3v) is 3.77. The van der Waals surface area contributed by atoms with Crippen molar-refractivity contribution >= 4 is 32.4 Å². The molecule has 0 heterocycles. The van der Waals surface area contributed by atoms with Crippen LogP contribution in [0.5, 0.6) is 0 Å². The van der Waals surface area contributed by atoms with Crippen LogP contribution in [0.15, 0.2) is 65.1 Å². The van der Waals surface area contributed by atoms with Crippen LogP contribution in [0.25, 0.3) is 21.9 Å². The fourth-order valence-corrected chi connectivity index (χ4v) is 2.86. The third kappa shape index (κ3) is 1.79. The Morgan fingerprint density at radius 1 is 0.722 bits per heavy atom. The molecule has 0 amide bonds. The number of nitrogens with two attached hydrogens (primary N) is 1. The zero-order valence-electron chi connectivity index (χ0n) is 9.73. The summed E-state index contributed by atoms with van der Waals surface area (Å²) in [5, 5.41) is 2.42. The van der Waals surface area contributed by atoms with Gasteiger partial charge in [0.1, 0.15) is 0 Å². The number of halogens is 1. The zero-order valence-corrected chi connectivity index (χ0v) is 11.3. The highest BCUT2D eigenvalue weighted by Crippen LogP contribution is 2.36. The van der Waals surface area contributed by atoms with Gasteiger partial charge in [-0.15, -0.1) is 0 Å². The Balaban J connectivity index is 2.40. The van der Waals surface area contributed by atoms with E-state index in [9.17, 15) is 0 Å². The van der Waals surface area contributed by atoms with Crippen LogP contribution < -0.4 is 5.73 Å². The predicted molar refractivity (Wildman–Crippen MR) is 81.5 cm³/mol. The molecular formula is C16H12BrN. The first-order chi connectivity index (χ1) is 8.77. The van der Waals surface area contributed by atoms with E-state index >= 15 is 0 Å². The number of rotatable bonds is 1. The first kappa shape index (κ1) is 11.3. The van der Waals surface area contributed by atoms with E-state index in [1.807, 2.05) is 24.3 Å². The van der Waals surface area contributed by atoms with E-state index in [2.05, 4.69) is 52.3 Å². The molecule has 18 heavy (non-hydrogen) atoms. The van der Waals surface area contributed by atoms with Crippen LogP contribution in [0, 0.1) is 0 Å². The fraction of sp³-hybridized carbons (Fsp3) is 0. The number of hydrogen-bond donors (Lipinski definition) is 1. The van der Waals surface area contributed by atoms with Gasteiger partial charge in [0.25, 0.3) is 0 Å². The highest BCUT2D eigenvalue weighted by molar-refractivity contribution is 9.10. The van der Waals surface area contributed by atoms with Crippen molar-refractivity contribution in [3.05, 3.63) is 65.1 Å². The molecule has 0 saturated heterocycles. The van der Waals surface area contributed by atoms with Gasteiger partial charge in [0, 0.05) is 21.1 Å². The highest BCUT2D eigenvalue weighted by Gasteiger charge is 2.08. The second-order valence-corrected chi connectivity index (χ2v) is 5.09. The van der Waals surface area contributed by atoms with Crippen molar-refractivity contribution < 1.29 is 0 Å². The normalized spacial score (nSPS) is 10.7. The van der Waals surface area contributed by atoms with Gasteiger partial charge in [-0.2, -0.15) is 0 Å². The maximum absolute atomic E-state index is 6.08. The smallest absolute Gasteiger partial charge is 0.0393 e. The topological polar surface area (TPSA) is 26.0 Å². The Labute approximate surface area is 114 Å². The summed E-state index contributed by atoms with van der Waals surface area (Å²) >= 11 is 3.63. The third-order valence-electron chi connectivity index (χ3n) is 3.10. The van der Waals surface area contributed by atoms with E-state index in [0.29, 0.717) is 0 Å². The Morgan fingerprint density at radius 2 is 1.39 bits per heavy atom. The van der Waals surface area contributed by atoms with E-state index in [4.69, 9.17) is 5.73 Å². The van der Waals surface area contributed by atoms with Crippen molar-refractivity contribution in [2.45, 2.75) is 0 Å². The van der Waals surface area contributed by atoms with Gasteiger partial charge in [-0.05, 0) is 23.1 Å². The van der Waals surface area contributed by atoms with Crippen molar-refractivity contribution in [1.82, 2.24) is 0 Å². The summed E-state index contributed by atoms with van der Waals surface area (Å²) in [5.74, 6) is 0. The Bertz CT molecular complexity index is 714. The summed E-state index contributed by atoms with van der Waals surface area (Å²) < 4.78 is 1.10.